The van der Waals surface area contributed by atoms with E-state index < -0.39 is 0 Å². The molecule has 134 valence electrons. The first-order valence-corrected chi connectivity index (χ1v) is 10.0. The molecule has 1 nitrogen and oxygen atoms in total. The molecule has 25 heavy (non-hydrogen) atoms. The molecule has 3 rings (SSSR count). The molecule has 0 unspecified atom stereocenters. The fourth-order valence-corrected chi connectivity index (χ4v) is 4.19. The minimum Gasteiger partial charge on any atom is -0.396 e. The van der Waals surface area contributed by atoms with E-state index in [-0.39, 0.29) is 6.61 Å². The van der Waals surface area contributed by atoms with Crippen LogP contribution in [0.1, 0.15) is 68.6 Å². The molecule has 0 aliphatic heterocycles. The molecule has 0 saturated heterocycles. The van der Waals surface area contributed by atoms with Crippen molar-refractivity contribution in [3.8, 4) is 11.1 Å². The number of aliphatic hydroxyl groups excluding tert-OH is 1. The summed E-state index contributed by atoms with van der Waals surface area (Å²) in [6, 6.07) is 16.2. The summed E-state index contributed by atoms with van der Waals surface area (Å²) in [5.74, 6) is 1.67. The second kappa shape index (κ2) is 8.67. The van der Waals surface area contributed by atoms with E-state index in [0.717, 1.165) is 31.1 Å². The average Bonchev–Trinajstić information content (AvgIpc) is 2.67. The standard InChI is InChI=1S/C24H32O/c1-3-20-17-19(5-4-16-25)8-15-24(20)23-13-11-22(12-14-23)21-9-6-18(2)7-10-21/h8,11-15,17-18,21,25H,3-7,9-10,16H2,1-2H3. The smallest absolute Gasteiger partial charge is 0.0434 e. The summed E-state index contributed by atoms with van der Waals surface area (Å²) in [6.45, 7) is 4.88. The largest absolute Gasteiger partial charge is 0.396 e. The predicted molar refractivity (Wildman–Crippen MR) is 107 cm³/mol. The van der Waals surface area contributed by atoms with Crippen LogP contribution in [0.3, 0.4) is 0 Å². The molecule has 0 radical (unpaired) electrons. The van der Waals surface area contributed by atoms with Crippen molar-refractivity contribution in [1.29, 1.82) is 0 Å². The molecule has 1 aliphatic carbocycles. The van der Waals surface area contributed by atoms with Gasteiger partial charge in [-0.05, 0) is 71.8 Å². The van der Waals surface area contributed by atoms with Crippen LogP contribution in [-0.2, 0) is 12.8 Å². The highest BCUT2D eigenvalue weighted by molar-refractivity contribution is 5.68. The van der Waals surface area contributed by atoms with Gasteiger partial charge in [0.25, 0.3) is 0 Å². The first-order valence-electron chi connectivity index (χ1n) is 10.0. The van der Waals surface area contributed by atoms with Gasteiger partial charge >= 0.3 is 0 Å². The number of hydrogen-bond acceptors (Lipinski definition) is 1. The summed E-state index contributed by atoms with van der Waals surface area (Å²) in [7, 11) is 0. The van der Waals surface area contributed by atoms with Crippen molar-refractivity contribution in [2.45, 2.75) is 64.7 Å². The van der Waals surface area contributed by atoms with Gasteiger partial charge in [-0.3, -0.25) is 0 Å². The third-order valence-corrected chi connectivity index (χ3v) is 5.88. The Hall–Kier alpha value is -1.60. The van der Waals surface area contributed by atoms with Crippen molar-refractivity contribution in [2.24, 2.45) is 5.92 Å². The summed E-state index contributed by atoms with van der Waals surface area (Å²) >= 11 is 0. The molecule has 0 aromatic heterocycles. The van der Waals surface area contributed by atoms with Gasteiger partial charge in [0.05, 0.1) is 0 Å². The van der Waals surface area contributed by atoms with Crippen LogP contribution in [0.4, 0.5) is 0 Å². The Kier molecular flexibility index (Phi) is 6.31. The Morgan fingerprint density at radius 1 is 0.960 bits per heavy atom. The van der Waals surface area contributed by atoms with E-state index in [4.69, 9.17) is 5.11 Å². The fourth-order valence-electron chi connectivity index (χ4n) is 4.19. The van der Waals surface area contributed by atoms with E-state index in [1.807, 2.05) is 0 Å². The van der Waals surface area contributed by atoms with Crippen LogP contribution in [-0.4, -0.2) is 11.7 Å². The molecular formula is C24H32O. The summed E-state index contributed by atoms with van der Waals surface area (Å²) in [4.78, 5) is 0. The minimum absolute atomic E-state index is 0.268. The molecule has 1 fully saturated rings. The third kappa shape index (κ3) is 4.52. The molecule has 1 aliphatic rings. The second-order valence-electron chi connectivity index (χ2n) is 7.75. The van der Waals surface area contributed by atoms with Crippen LogP contribution in [0.15, 0.2) is 42.5 Å². The first kappa shape index (κ1) is 18.2. The summed E-state index contributed by atoms with van der Waals surface area (Å²) < 4.78 is 0. The van der Waals surface area contributed by atoms with Crippen molar-refractivity contribution in [3.05, 3.63) is 59.2 Å². The van der Waals surface area contributed by atoms with E-state index in [2.05, 4.69) is 56.3 Å². The van der Waals surface area contributed by atoms with Crippen LogP contribution in [0, 0.1) is 5.92 Å². The highest BCUT2D eigenvalue weighted by Gasteiger charge is 2.19. The molecule has 0 atom stereocenters. The van der Waals surface area contributed by atoms with Crippen molar-refractivity contribution >= 4 is 0 Å². The van der Waals surface area contributed by atoms with Gasteiger partial charge in [-0.15, -0.1) is 0 Å². The summed E-state index contributed by atoms with van der Waals surface area (Å²) in [5, 5.41) is 9.03. The number of aliphatic hydroxyl groups is 1. The monoisotopic (exact) mass is 336 g/mol. The maximum Gasteiger partial charge on any atom is 0.0434 e. The second-order valence-corrected chi connectivity index (χ2v) is 7.75. The summed E-state index contributed by atoms with van der Waals surface area (Å²) in [6.07, 6.45) is 8.30. The molecule has 0 bridgehead atoms. The molecule has 0 heterocycles. The third-order valence-electron chi connectivity index (χ3n) is 5.88. The van der Waals surface area contributed by atoms with Gasteiger partial charge in [-0.25, -0.2) is 0 Å². The van der Waals surface area contributed by atoms with Gasteiger partial charge in [0.15, 0.2) is 0 Å². The predicted octanol–water partition coefficient (Wildman–Crippen LogP) is 6.13. The van der Waals surface area contributed by atoms with E-state index in [1.165, 1.54) is 53.5 Å². The molecule has 0 amide bonds. The van der Waals surface area contributed by atoms with Crippen molar-refractivity contribution < 1.29 is 5.11 Å². The summed E-state index contributed by atoms with van der Waals surface area (Å²) in [5.41, 5.74) is 6.96. The van der Waals surface area contributed by atoms with Crippen LogP contribution in [0.5, 0.6) is 0 Å². The van der Waals surface area contributed by atoms with Crippen LogP contribution >= 0.6 is 0 Å². The number of aryl methyl sites for hydroxylation is 2. The molecule has 1 heteroatoms. The normalized spacial score (nSPS) is 20.6. The molecule has 1 saturated carbocycles. The SMILES string of the molecule is CCc1cc(CCCO)ccc1-c1ccc(C2CCC(C)CC2)cc1. The minimum atomic E-state index is 0.268. The molecular weight excluding hydrogens is 304 g/mol. The van der Waals surface area contributed by atoms with Crippen LogP contribution in [0.25, 0.3) is 11.1 Å². The Morgan fingerprint density at radius 2 is 1.68 bits per heavy atom. The zero-order chi connectivity index (χ0) is 17.6. The van der Waals surface area contributed by atoms with Crippen LogP contribution in [0.2, 0.25) is 0 Å². The first-order chi connectivity index (χ1) is 12.2. The fraction of sp³-hybridized carbons (Fsp3) is 0.500. The van der Waals surface area contributed by atoms with E-state index in [0.29, 0.717) is 0 Å². The molecule has 2 aromatic rings. The van der Waals surface area contributed by atoms with Gasteiger partial charge in [-0.1, -0.05) is 69.2 Å². The lowest BCUT2D eigenvalue weighted by Gasteiger charge is -2.26. The highest BCUT2D eigenvalue weighted by Crippen LogP contribution is 2.36. The van der Waals surface area contributed by atoms with Gasteiger partial charge in [-0.2, -0.15) is 0 Å². The molecule has 2 aromatic carbocycles. The van der Waals surface area contributed by atoms with Gasteiger partial charge in [0.1, 0.15) is 0 Å². The van der Waals surface area contributed by atoms with E-state index >= 15 is 0 Å². The Bertz CT molecular complexity index is 663. The Morgan fingerprint density at radius 3 is 2.32 bits per heavy atom. The lowest BCUT2D eigenvalue weighted by atomic mass is 9.79. The zero-order valence-corrected chi connectivity index (χ0v) is 15.8. The maximum absolute atomic E-state index is 9.03. The number of rotatable bonds is 6. The average molecular weight is 337 g/mol. The highest BCUT2D eigenvalue weighted by atomic mass is 16.2. The van der Waals surface area contributed by atoms with E-state index in [9.17, 15) is 0 Å². The topological polar surface area (TPSA) is 20.2 Å². The lowest BCUT2D eigenvalue weighted by Crippen LogP contribution is -2.10. The van der Waals surface area contributed by atoms with Gasteiger partial charge < -0.3 is 5.11 Å². The van der Waals surface area contributed by atoms with Crippen molar-refractivity contribution in [2.75, 3.05) is 6.61 Å². The molecule has 1 N–H and O–H groups in total. The van der Waals surface area contributed by atoms with E-state index in [1.54, 1.807) is 0 Å². The number of benzene rings is 2. The zero-order valence-electron chi connectivity index (χ0n) is 15.8. The lowest BCUT2D eigenvalue weighted by molar-refractivity contribution is 0.288. The van der Waals surface area contributed by atoms with Crippen molar-refractivity contribution in [3.63, 3.8) is 0 Å². The Balaban J connectivity index is 1.77. The van der Waals surface area contributed by atoms with Crippen molar-refractivity contribution in [1.82, 2.24) is 0 Å². The maximum atomic E-state index is 9.03. The number of hydrogen-bond donors (Lipinski definition) is 1. The van der Waals surface area contributed by atoms with Gasteiger partial charge in [0.2, 0.25) is 0 Å². The quantitative estimate of drug-likeness (QED) is 0.672. The van der Waals surface area contributed by atoms with Gasteiger partial charge in [0, 0.05) is 6.61 Å². The van der Waals surface area contributed by atoms with Crippen LogP contribution < -0.4 is 0 Å². The Labute approximate surface area is 153 Å². The molecule has 0 spiro atoms.